The number of sulfone groups is 1. The third kappa shape index (κ3) is 2.13. The number of carbonyl (C=O) groups is 1. The van der Waals surface area contributed by atoms with E-state index in [0.717, 1.165) is 12.1 Å². The fourth-order valence-electron chi connectivity index (χ4n) is 2.03. The molecule has 1 saturated carbocycles. The van der Waals surface area contributed by atoms with Gasteiger partial charge in [-0.15, -0.1) is 0 Å². The van der Waals surface area contributed by atoms with E-state index in [4.69, 9.17) is 0 Å². The summed E-state index contributed by atoms with van der Waals surface area (Å²) in [6.07, 6.45) is 1.20. The Morgan fingerprint density at radius 2 is 1.83 bits per heavy atom. The van der Waals surface area contributed by atoms with E-state index in [2.05, 4.69) is 0 Å². The van der Waals surface area contributed by atoms with Crippen molar-refractivity contribution in [1.82, 2.24) is 0 Å². The van der Waals surface area contributed by atoms with Crippen LogP contribution in [0, 0.1) is 10.1 Å². The Morgan fingerprint density at radius 3 is 2.28 bits per heavy atom. The number of rotatable bonds is 3. The monoisotopic (exact) mass is 269 g/mol. The van der Waals surface area contributed by atoms with Crippen molar-refractivity contribution in [3.05, 3.63) is 34.4 Å². The zero-order chi connectivity index (χ0) is 13.3. The standard InChI is InChI=1S/C11H11NO5S/c13-10-2-1-3-11(10)18(16,17)9-6-4-8(5-7-9)12(14)15/h4-7,11H,1-3H2. The first-order valence-electron chi connectivity index (χ1n) is 5.44. The molecule has 6 nitrogen and oxygen atoms in total. The molecule has 0 radical (unpaired) electrons. The molecule has 1 fully saturated rings. The van der Waals surface area contributed by atoms with Crippen LogP contribution in [0.5, 0.6) is 0 Å². The molecule has 1 unspecified atom stereocenters. The average molecular weight is 269 g/mol. The second-order valence-corrected chi connectivity index (χ2v) is 6.27. The van der Waals surface area contributed by atoms with E-state index >= 15 is 0 Å². The highest BCUT2D eigenvalue weighted by Crippen LogP contribution is 2.28. The molecular formula is C11H11NO5S. The maximum atomic E-state index is 12.1. The normalized spacial score (nSPS) is 20.0. The van der Waals surface area contributed by atoms with Gasteiger partial charge in [0.05, 0.1) is 9.82 Å². The summed E-state index contributed by atoms with van der Waals surface area (Å²) in [4.78, 5) is 21.3. The highest BCUT2D eigenvalue weighted by Gasteiger charge is 2.37. The van der Waals surface area contributed by atoms with Crippen molar-refractivity contribution in [1.29, 1.82) is 0 Å². The lowest BCUT2D eigenvalue weighted by atomic mass is 10.3. The number of hydrogen-bond acceptors (Lipinski definition) is 5. The van der Waals surface area contributed by atoms with Gasteiger partial charge in [-0.2, -0.15) is 0 Å². The molecule has 1 aromatic carbocycles. The maximum Gasteiger partial charge on any atom is 0.269 e. The molecule has 2 rings (SSSR count). The van der Waals surface area contributed by atoms with Gasteiger partial charge in [0.2, 0.25) is 0 Å². The van der Waals surface area contributed by atoms with Crippen molar-refractivity contribution in [3.8, 4) is 0 Å². The van der Waals surface area contributed by atoms with E-state index in [1.54, 1.807) is 0 Å². The summed E-state index contributed by atoms with van der Waals surface area (Å²) >= 11 is 0. The molecule has 0 N–H and O–H groups in total. The number of nitro benzene ring substituents is 1. The summed E-state index contributed by atoms with van der Waals surface area (Å²) in [6, 6.07) is 4.62. The van der Waals surface area contributed by atoms with Gasteiger partial charge in [-0.25, -0.2) is 8.42 Å². The molecule has 0 heterocycles. The molecule has 18 heavy (non-hydrogen) atoms. The Bertz CT molecular complexity index is 590. The first kappa shape index (κ1) is 12.7. The van der Waals surface area contributed by atoms with Crippen molar-refractivity contribution < 1.29 is 18.1 Å². The van der Waals surface area contributed by atoms with Gasteiger partial charge in [0.25, 0.3) is 5.69 Å². The van der Waals surface area contributed by atoms with Gasteiger partial charge in [0, 0.05) is 18.6 Å². The fraction of sp³-hybridized carbons (Fsp3) is 0.364. The number of carbonyl (C=O) groups excluding carboxylic acids is 1. The zero-order valence-corrected chi connectivity index (χ0v) is 10.2. The Morgan fingerprint density at radius 1 is 1.22 bits per heavy atom. The second-order valence-electron chi connectivity index (χ2n) is 4.14. The molecule has 1 atom stereocenters. The molecule has 7 heteroatoms. The summed E-state index contributed by atoms with van der Waals surface area (Å²) in [5, 5.41) is 9.49. The maximum absolute atomic E-state index is 12.1. The molecule has 1 aliphatic rings. The van der Waals surface area contributed by atoms with Gasteiger partial charge in [0.15, 0.2) is 15.6 Å². The van der Waals surface area contributed by atoms with Crippen LogP contribution >= 0.6 is 0 Å². The molecule has 0 spiro atoms. The predicted octanol–water partition coefficient (Wildman–Crippen LogP) is 1.49. The van der Waals surface area contributed by atoms with Crippen LogP contribution in [0.15, 0.2) is 29.2 Å². The summed E-state index contributed by atoms with van der Waals surface area (Å²) in [6.45, 7) is 0. The molecule has 96 valence electrons. The molecule has 0 aliphatic heterocycles. The molecule has 0 bridgehead atoms. The number of non-ortho nitro benzene ring substituents is 1. The molecule has 0 aromatic heterocycles. The molecule has 0 saturated heterocycles. The first-order valence-corrected chi connectivity index (χ1v) is 6.98. The quantitative estimate of drug-likeness (QED) is 0.612. The van der Waals surface area contributed by atoms with Crippen molar-refractivity contribution in [3.63, 3.8) is 0 Å². The smallest absolute Gasteiger partial charge is 0.269 e. The van der Waals surface area contributed by atoms with Crippen LogP contribution in [0.2, 0.25) is 0 Å². The van der Waals surface area contributed by atoms with Crippen LogP contribution < -0.4 is 0 Å². The van der Waals surface area contributed by atoms with E-state index in [0.29, 0.717) is 12.8 Å². The summed E-state index contributed by atoms with van der Waals surface area (Å²) in [5.74, 6) is -0.270. The van der Waals surface area contributed by atoms with Crippen LogP contribution in [0.25, 0.3) is 0 Å². The van der Waals surface area contributed by atoms with Crippen LogP contribution in [0.3, 0.4) is 0 Å². The van der Waals surface area contributed by atoms with Gasteiger partial charge in [-0.1, -0.05) is 0 Å². The largest absolute Gasteiger partial charge is 0.298 e. The molecular weight excluding hydrogens is 258 g/mol. The Hall–Kier alpha value is -1.76. The van der Waals surface area contributed by atoms with Gasteiger partial charge in [-0.05, 0) is 25.0 Å². The number of benzene rings is 1. The van der Waals surface area contributed by atoms with Crippen molar-refractivity contribution in [2.75, 3.05) is 0 Å². The van der Waals surface area contributed by atoms with Crippen LogP contribution in [-0.4, -0.2) is 24.4 Å². The van der Waals surface area contributed by atoms with Gasteiger partial charge >= 0.3 is 0 Å². The van der Waals surface area contributed by atoms with Crippen molar-refractivity contribution >= 4 is 21.3 Å². The number of hydrogen-bond donors (Lipinski definition) is 0. The van der Waals surface area contributed by atoms with E-state index in [1.165, 1.54) is 12.1 Å². The third-order valence-corrected chi connectivity index (χ3v) is 5.18. The molecule has 1 aliphatic carbocycles. The topological polar surface area (TPSA) is 94.3 Å². The highest BCUT2D eigenvalue weighted by atomic mass is 32.2. The average Bonchev–Trinajstić information content (AvgIpc) is 2.76. The SMILES string of the molecule is O=C1CCCC1S(=O)(=O)c1ccc([N+](=O)[O-])cc1. The third-order valence-electron chi connectivity index (χ3n) is 3.00. The van der Waals surface area contributed by atoms with Gasteiger partial charge < -0.3 is 0 Å². The number of nitro groups is 1. The van der Waals surface area contributed by atoms with E-state index in [1.807, 2.05) is 0 Å². The predicted molar refractivity (Wildman–Crippen MR) is 62.9 cm³/mol. The molecule has 0 amide bonds. The number of ketones is 1. The van der Waals surface area contributed by atoms with Crippen molar-refractivity contribution in [2.45, 2.75) is 29.4 Å². The van der Waals surface area contributed by atoms with Gasteiger partial charge in [-0.3, -0.25) is 14.9 Å². The van der Waals surface area contributed by atoms with Crippen LogP contribution in [-0.2, 0) is 14.6 Å². The first-order chi connectivity index (χ1) is 8.43. The minimum atomic E-state index is -3.70. The Balaban J connectivity index is 2.35. The lowest BCUT2D eigenvalue weighted by Gasteiger charge is -2.09. The zero-order valence-electron chi connectivity index (χ0n) is 9.40. The minimum absolute atomic E-state index is 0.0339. The lowest BCUT2D eigenvalue weighted by Crippen LogP contribution is -2.25. The summed E-state index contributed by atoms with van der Waals surface area (Å²) < 4.78 is 24.3. The number of Topliss-reactive ketones (excluding diaryl/α,β-unsaturated/α-hetero) is 1. The summed E-state index contributed by atoms with van der Waals surface area (Å²) in [5.41, 5.74) is -0.174. The van der Waals surface area contributed by atoms with E-state index in [-0.39, 0.29) is 22.8 Å². The van der Waals surface area contributed by atoms with Crippen LogP contribution in [0.4, 0.5) is 5.69 Å². The Labute approximate surface area is 104 Å². The van der Waals surface area contributed by atoms with Gasteiger partial charge in [0.1, 0.15) is 5.25 Å². The van der Waals surface area contributed by atoms with Crippen molar-refractivity contribution in [2.24, 2.45) is 0 Å². The van der Waals surface area contributed by atoms with E-state index < -0.39 is 20.0 Å². The van der Waals surface area contributed by atoms with E-state index in [9.17, 15) is 23.3 Å². The minimum Gasteiger partial charge on any atom is -0.298 e. The second kappa shape index (κ2) is 4.49. The highest BCUT2D eigenvalue weighted by molar-refractivity contribution is 7.92. The lowest BCUT2D eigenvalue weighted by molar-refractivity contribution is -0.384. The summed E-state index contributed by atoms with van der Waals surface area (Å²) in [7, 11) is -3.70. The fourth-order valence-corrected chi connectivity index (χ4v) is 3.82. The number of nitrogens with zero attached hydrogens (tertiary/aromatic N) is 1. The Kier molecular flexibility index (Phi) is 3.16. The van der Waals surface area contributed by atoms with Crippen LogP contribution in [0.1, 0.15) is 19.3 Å². The molecule has 1 aromatic rings.